The number of fused-ring (bicyclic) bond motifs is 3. The van der Waals surface area contributed by atoms with Gasteiger partial charge in [0.15, 0.2) is 0 Å². The van der Waals surface area contributed by atoms with E-state index in [1.807, 2.05) is 30.0 Å². The number of thioether (sulfide) groups is 1. The van der Waals surface area contributed by atoms with Crippen LogP contribution in [0.15, 0.2) is 47.4 Å². The van der Waals surface area contributed by atoms with E-state index in [2.05, 4.69) is 16.4 Å². The average Bonchev–Trinajstić information content (AvgIpc) is 3.24. The summed E-state index contributed by atoms with van der Waals surface area (Å²) in [6, 6.07) is 13.5. The summed E-state index contributed by atoms with van der Waals surface area (Å²) in [5.74, 6) is 1.75. The van der Waals surface area contributed by atoms with Gasteiger partial charge in [0.05, 0.1) is 11.0 Å². The Kier molecular flexibility index (Phi) is 6.02. The van der Waals surface area contributed by atoms with Gasteiger partial charge in [0, 0.05) is 35.5 Å². The number of imidazole rings is 1. The number of benzene rings is 2. The molecule has 0 radical (unpaired) electrons. The minimum atomic E-state index is -0.215. The standard InChI is InChI=1S/C25H29F2N3S/c1-2-25-28-23-14-18(27)6-11-24(23)30(25)21-15-19-7-8-20(16-21)29(19)12-3-13-31-22-9-4-17(26)5-10-22/h4-6,9-11,14,19-21H,2-3,7-8,12-13,15-16H2,1H3/t19-,20+,21?. The van der Waals surface area contributed by atoms with Crippen LogP contribution >= 0.6 is 11.8 Å². The second kappa shape index (κ2) is 8.91. The molecule has 2 aromatic carbocycles. The number of aromatic nitrogens is 2. The van der Waals surface area contributed by atoms with Crippen molar-refractivity contribution in [2.45, 2.75) is 68.5 Å². The number of hydrogen-bond acceptors (Lipinski definition) is 3. The second-order valence-corrected chi connectivity index (χ2v) is 9.96. The van der Waals surface area contributed by atoms with Gasteiger partial charge in [0.25, 0.3) is 0 Å². The van der Waals surface area contributed by atoms with Gasteiger partial charge < -0.3 is 4.57 Å². The van der Waals surface area contributed by atoms with Crippen LogP contribution in [-0.2, 0) is 6.42 Å². The van der Waals surface area contributed by atoms with E-state index in [-0.39, 0.29) is 11.6 Å². The zero-order chi connectivity index (χ0) is 21.4. The summed E-state index contributed by atoms with van der Waals surface area (Å²) in [4.78, 5) is 8.60. The second-order valence-electron chi connectivity index (χ2n) is 8.79. The van der Waals surface area contributed by atoms with Gasteiger partial charge in [0.2, 0.25) is 0 Å². The van der Waals surface area contributed by atoms with Crippen molar-refractivity contribution in [2.24, 2.45) is 0 Å². The van der Waals surface area contributed by atoms with Crippen molar-refractivity contribution in [2.75, 3.05) is 12.3 Å². The normalized spacial score (nSPS) is 23.6. The third kappa shape index (κ3) is 4.24. The van der Waals surface area contributed by atoms with Crippen molar-refractivity contribution in [1.29, 1.82) is 0 Å². The van der Waals surface area contributed by atoms with Crippen molar-refractivity contribution >= 4 is 22.8 Å². The van der Waals surface area contributed by atoms with Crippen LogP contribution in [0.2, 0.25) is 0 Å². The van der Waals surface area contributed by atoms with E-state index in [1.54, 1.807) is 12.1 Å². The number of rotatable bonds is 7. The maximum atomic E-state index is 13.7. The molecular formula is C25H29F2N3S. The summed E-state index contributed by atoms with van der Waals surface area (Å²) in [7, 11) is 0. The molecule has 3 nitrogen and oxygen atoms in total. The third-order valence-electron chi connectivity index (χ3n) is 6.91. The molecule has 31 heavy (non-hydrogen) atoms. The lowest BCUT2D eigenvalue weighted by Gasteiger charge is -2.40. The van der Waals surface area contributed by atoms with E-state index in [9.17, 15) is 8.78 Å². The van der Waals surface area contributed by atoms with Gasteiger partial charge in [-0.15, -0.1) is 11.8 Å². The number of nitrogens with zero attached hydrogens (tertiary/aromatic N) is 3. The quantitative estimate of drug-likeness (QED) is 0.320. The fourth-order valence-electron chi connectivity index (χ4n) is 5.57. The van der Waals surface area contributed by atoms with E-state index < -0.39 is 0 Å². The van der Waals surface area contributed by atoms with Crippen molar-refractivity contribution in [1.82, 2.24) is 14.5 Å². The van der Waals surface area contributed by atoms with Crippen molar-refractivity contribution in [3.63, 3.8) is 0 Å². The molecule has 0 saturated carbocycles. The van der Waals surface area contributed by atoms with Crippen LogP contribution in [0.4, 0.5) is 8.78 Å². The van der Waals surface area contributed by atoms with Gasteiger partial charge in [-0.05, 0) is 80.8 Å². The third-order valence-corrected chi connectivity index (χ3v) is 8.01. The lowest BCUT2D eigenvalue weighted by atomic mass is 9.96. The zero-order valence-corrected chi connectivity index (χ0v) is 18.8. The smallest absolute Gasteiger partial charge is 0.125 e. The number of hydrogen-bond donors (Lipinski definition) is 0. The van der Waals surface area contributed by atoms with Gasteiger partial charge in [0.1, 0.15) is 17.5 Å². The molecule has 0 N–H and O–H groups in total. The molecule has 1 unspecified atom stereocenters. The molecule has 2 bridgehead atoms. The van der Waals surface area contributed by atoms with E-state index in [1.165, 1.54) is 25.0 Å². The molecule has 2 aliphatic rings. The Morgan fingerprint density at radius 3 is 2.39 bits per heavy atom. The molecule has 2 aliphatic heterocycles. The lowest BCUT2D eigenvalue weighted by molar-refractivity contribution is 0.108. The Morgan fingerprint density at radius 2 is 1.68 bits per heavy atom. The van der Waals surface area contributed by atoms with E-state index in [0.717, 1.165) is 59.7 Å². The highest BCUT2D eigenvalue weighted by Gasteiger charge is 2.41. The number of piperidine rings is 1. The maximum Gasteiger partial charge on any atom is 0.125 e. The molecule has 3 atom stereocenters. The molecule has 3 heterocycles. The predicted molar refractivity (Wildman–Crippen MR) is 123 cm³/mol. The average molecular weight is 442 g/mol. The highest BCUT2D eigenvalue weighted by Crippen LogP contribution is 2.42. The molecule has 2 fully saturated rings. The SMILES string of the molecule is CCc1nc2cc(F)ccc2n1C1C[C@H]2CC[C@@H](C1)N2CCCSc1ccc(F)cc1. The van der Waals surface area contributed by atoms with Crippen molar-refractivity contribution in [3.05, 3.63) is 59.9 Å². The maximum absolute atomic E-state index is 13.7. The fraction of sp³-hybridized carbons (Fsp3) is 0.480. The molecule has 0 spiro atoms. The summed E-state index contributed by atoms with van der Waals surface area (Å²) in [5.41, 5.74) is 1.86. The number of halogens is 2. The van der Waals surface area contributed by atoms with Gasteiger partial charge in [-0.1, -0.05) is 6.92 Å². The van der Waals surface area contributed by atoms with Gasteiger partial charge in [-0.2, -0.15) is 0 Å². The molecule has 164 valence electrons. The highest BCUT2D eigenvalue weighted by atomic mass is 32.2. The van der Waals surface area contributed by atoms with Crippen LogP contribution in [0, 0.1) is 11.6 Å². The van der Waals surface area contributed by atoms with Crippen LogP contribution in [0.1, 0.15) is 50.9 Å². The van der Waals surface area contributed by atoms with Gasteiger partial charge in [-0.3, -0.25) is 4.90 Å². The van der Waals surface area contributed by atoms with Crippen LogP contribution < -0.4 is 0 Å². The van der Waals surface area contributed by atoms with Crippen LogP contribution in [0.3, 0.4) is 0 Å². The van der Waals surface area contributed by atoms with Crippen molar-refractivity contribution < 1.29 is 8.78 Å². The molecule has 5 rings (SSSR count). The van der Waals surface area contributed by atoms with Crippen molar-refractivity contribution in [3.8, 4) is 0 Å². The zero-order valence-electron chi connectivity index (χ0n) is 17.9. The summed E-state index contributed by atoms with van der Waals surface area (Å²) in [6.07, 6.45) is 6.86. The first-order chi connectivity index (χ1) is 15.1. The molecule has 2 saturated heterocycles. The molecule has 0 aliphatic carbocycles. The van der Waals surface area contributed by atoms with Crippen LogP contribution in [0.25, 0.3) is 11.0 Å². The Hall–Kier alpha value is -1.92. The summed E-state index contributed by atoms with van der Waals surface area (Å²) >= 11 is 1.81. The molecule has 3 aromatic rings. The summed E-state index contributed by atoms with van der Waals surface area (Å²) < 4.78 is 29.2. The topological polar surface area (TPSA) is 21.1 Å². The van der Waals surface area contributed by atoms with Crippen LogP contribution in [-0.4, -0.2) is 38.8 Å². The first-order valence-electron chi connectivity index (χ1n) is 11.4. The fourth-order valence-corrected chi connectivity index (χ4v) is 6.41. The van der Waals surface area contributed by atoms with E-state index in [0.29, 0.717) is 18.1 Å². The van der Waals surface area contributed by atoms with Crippen LogP contribution in [0.5, 0.6) is 0 Å². The summed E-state index contributed by atoms with van der Waals surface area (Å²) in [5, 5.41) is 0. The Bertz CT molecular complexity index is 1030. The predicted octanol–water partition coefficient (Wildman–Crippen LogP) is 6.23. The first-order valence-corrected chi connectivity index (χ1v) is 12.4. The minimum absolute atomic E-state index is 0.175. The highest BCUT2D eigenvalue weighted by molar-refractivity contribution is 7.99. The Balaban J connectivity index is 1.23. The largest absolute Gasteiger partial charge is 0.325 e. The number of aryl methyl sites for hydroxylation is 1. The first kappa shape index (κ1) is 21.0. The Morgan fingerprint density at radius 1 is 0.968 bits per heavy atom. The monoisotopic (exact) mass is 441 g/mol. The minimum Gasteiger partial charge on any atom is -0.325 e. The van der Waals surface area contributed by atoms with E-state index in [4.69, 9.17) is 4.98 Å². The van der Waals surface area contributed by atoms with Gasteiger partial charge >= 0.3 is 0 Å². The molecule has 6 heteroatoms. The summed E-state index contributed by atoms with van der Waals surface area (Å²) in [6.45, 7) is 3.27. The van der Waals surface area contributed by atoms with E-state index >= 15 is 0 Å². The molecular weight excluding hydrogens is 412 g/mol. The molecule has 1 aromatic heterocycles. The Labute approximate surface area is 186 Å². The van der Waals surface area contributed by atoms with Gasteiger partial charge in [-0.25, -0.2) is 13.8 Å². The molecule has 0 amide bonds. The lowest BCUT2D eigenvalue weighted by Crippen LogP contribution is -2.44.